The van der Waals surface area contributed by atoms with E-state index in [4.69, 9.17) is 31.0 Å². The lowest BCUT2D eigenvalue weighted by molar-refractivity contribution is -0.131. The van der Waals surface area contributed by atoms with Gasteiger partial charge in [-0.1, -0.05) is 36.4 Å². The fraction of sp³-hybridized carbons (Fsp3) is 0.486. The van der Waals surface area contributed by atoms with Gasteiger partial charge in [0.1, 0.15) is 18.2 Å². The normalized spacial score (nSPS) is 22.9. The first-order valence-electron chi connectivity index (χ1n) is 16.2. The molecule has 1 amide bonds. The highest BCUT2D eigenvalue weighted by molar-refractivity contribution is 6.36. The molecule has 2 fully saturated rings. The topological polar surface area (TPSA) is 98.1 Å². The fourth-order valence-corrected chi connectivity index (χ4v) is 7.66. The first-order valence-corrected chi connectivity index (χ1v) is 16.5. The van der Waals surface area contributed by atoms with Crippen LogP contribution in [0.2, 0.25) is 5.02 Å². The second kappa shape index (κ2) is 13.8. The number of benzene rings is 2. The van der Waals surface area contributed by atoms with Gasteiger partial charge in [0.05, 0.1) is 53.6 Å². The van der Waals surface area contributed by atoms with Gasteiger partial charge in [0.25, 0.3) is 5.91 Å². The largest absolute Gasteiger partial charge is 0.461 e. The number of piperazine rings is 1. The zero-order valence-corrected chi connectivity index (χ0v) is 28.3. The Morgan fingerprint density at radius 1 is 1.19 bits per heavy atom. The maximum absolute atomic E-state index is 15.6. The Hall–Kier alpha value is -4.05. The maximum Gasteiger partial charge on any atom is 0.318 e. The van der Waals surface area contributed by atoms with Gasteiger partial charge in [-0.05, 0) is 50.9 Å². The van der Waals surface area contributed by atoms with Crippen LogP contribution in [0.4, 0.5) is 20.3 Å². The van der Waals surface area contributed by atoms with Crippen molar-refractivity contribution in [3.05, 3.63) is 64.8 Å². The number of likely N-dealkylation sites (tertiary alicyclic amines) is 1. The first-order chi connectivity index (χ1) is 23.0. The summed E-state index contributed by atoms with van der Waals surface area (Å²) >= 11 is 6.62. The number of hydrogen-bond acceptors (Lipinski definition) is 9. The van der Waals surface area contributed by atoms with Gasteiger partial charge < -0.3 is 24.2 Å². The van der Waals surface area contributed by atoms with E-state index >= 15 is 4.39 Å². The summed E-state index contributed by atoms with van der Waals surface area (Å²) in [4.78, 5) is 30.0. The number of carbonyl (C=O) groups is 1. The first kappa shape index (κ1) is 33.8. The third-order valence-corrected chi connectivity index (χ3v) is 10.6. The van der Waals surface area contributed by atoms with Crippen molar-refractivity contribution in [3.63, 3.8) is 0 Å². The van der Waals surface area contributed by atoms with E-state index in [1.54, 1.807) is 19.2 Å². The number of rotatable bonds is 9. The van der Waals surface area contributed by atoms with Gasteiger partial charge in [0.15, 0.2) is 5.83 Å². The molecular weight excluding hydrogens is 640 g/mol. The molecule has 3 aliphatic rings. The highest BCUT2D eigenvalue weighted by Crippen LogP contribution is 2.40. The Kier molecular flexibility index (Phi) is 9.74. The van der Waals surface area contributed by atoms with Crippen molar-refractivity contribution in [1.29, 1.82) is 5.26 Å². The molecule has 0 N–H and O–H groups in total. The summed E-state index contributed by atoms with van der Waals surface area (Å²) in [6, 6.07) is 10.5. The summed E-state index contributed by atoms with van der Waals surface area (Å²) in [6.07, 6.45) is 1.50. The molecule has 2 saturated heterocycles. The number of aromatic nitrogens is 2. The van der Waals surface area contributed by atoms with Crippen LogP contribution in [0, 0.1) is 23.1 Å². The van der Waals surface area contributed by atoms with Gasteiger partial charge in [0.2, 0.25) is 0 Å². The summed E-state index contributed by atoms with van der Waals surface area (Å²) in [5.74, 6) is -1.35. The van der Waals surface area contributed by atoms with E-state index in [0.717, 1.165) is 23.9 Å². The number of hydrogen-bond donors (Lipinski definition) is 0. The molecule has 10 nitrogen and oxygen atoms in total. The molecule has 6 rings (SSSR count). The minimum Gasteiger partial charge on any atom is -0.461 e. The Morgan fingerprint density at radius 2 is 2.00 bits per heavy atom. The van der Waals surface area contributed by atoms with Crippen molar-refractivity contribution < 1.29 is 23.0 Å². The van der Waals surface area contributed by atoms with E-state index in [1.165, 1.54) is 11.0 Å². The number of methoxy groups -OCH3 is 1. The molecule has 254 valence electrons. The quantitative estimate of drug-likeness (QED) is 0.285. The molecule has 48 heavy (non-hydrogen) atoms. The molecule has 1 unspecified atom stereocenters. The van der Waals surface area contributed by atoms with E-state index in [2.05, 4.69) is 31.5 Å². The Bertz CT molecular complexity index is 1770. The predicted molar refractivity (Wildman–Crippen MR) is 180 cm³/mol. The van der Waals surface area contributed by atoms with Crippen LogP contribution in [0.1, 0.15) is 31.0 Å². The lowest BCUT2D eigenvalue weighted by Gasteiger charge is -2.42. The molecule has 3 atom stereocenters. The minimum absolute atomic E-state index is 0.0205. The van der Waals surface area contributed by atoms with Crippen molar-refractivity contribution >= 4 is 39.8 Å². The molecule has 0 bridgehead atoms. The van der Waals surface area contributed by atoms with Crippen molar-refractivity contribution in [2.24, 2.45) is 5.92 Å². The van der Waals surface area contributed by atoms with Crippen molar-refractivity contribution in [1.82, 2.24) is 19.8 Å². The van der Waals surface area contributed by atoms with Crippen molar-refractivity contribution in [2.75, 3.05) is 69.9 Å². The number of amides is 1. The molecule has 0 saturated carbocycles. The van der Waals surface area contributed by atoms with Crippen LogP contribution < -0.4 is 14.5 Å². The third kappa shape index (κ3) is 6.27. The summed E-state index contributed by atoms with van der Waals surface area (Å²) < 4.78 is 41.4. The van der Waals surface area contributed by atoms with Gasteiger partial charge in [-0.15, -0.1) is 0 Å². The number of nitrogens with zero attached hydrogens (tertiary/aromatic N) is 7. The van der Waals surface area contributed by atoms with Gasteiger partial charge in [-0.2, -0.15) is 15.2 Å². The SMILES string of the molecule is C=C(F)C(=O)N1CCN(c2nc(OCC3(C)[C@H](COC)CCN3C)nc3c2CCN(c2c(F)ccc4cccc(Cl)c24)C3)C[C@@H]1CC#N. The zero-order chi connectivity index (χ0) is 34.2. The van der Waals surface area contributed by atoms with Crippen LogP contribution in [0.25, 0.3) is 10.8 Å². The fourth-order valence-electron chi connectivity index (χ4n) is 7.39. The van der Waals surface area contributed by atoms with Crippen LogP contribution in [-0.2, 0) is 22.5 Å². The van der Waals surface area contributed by atoms with E-state index in [-0.39, 0.29) is 49.3 Å². The zero-order valence-electron chi connectivity index (χ0n) is 27.5. The number of carbonyl (C=O) groups excluding carboxylic acids is 1. The number of fused-ring (bicyclic) bond motifs is 2. The van der Waals surface area contributed by atoms with E-state index in [1.807, 2.05) is 21.9 Å². The van der Waals surface area contributed by atoms with Gasteiger partial charge in [-0.3, -0.25) is 9.69 Å². The lowest BCUT2D eigenvalue weighted by Crippen LogP contribution is -2.56. The summed E-state index contributed by atoms with van der Waals surface area (Å²) in [5.41, 5.74) is 1.68. The molecule has 2 aromatic carbocycles. The molecular formula is C35H40ClF2N7O3. The Morgan fingerprint density at radius 3 is 2.75 bits per heavy atom. The monoisotopic (exact) mass is 679 g/mol. The number of likely N-dealkylation sites (N-methyl/N-ethyl adjacent to an activating group) is 1. The maximum atomic E-state index is 15.6. The summed E-state index contributed by atoms with van der Waals surface area (Å²) in [6.45, 7) is 8.74. The van der Waals surface area contributed by atoms with Crippen LogP contribution >= 0.6 is 11.6 Å². The second-order valence-corrected chi connectivity index (χ2v) is 13.4. The van der Waals surface area contributed by atoms with Gasteiger partial charge in [-0.25, -0.2) is 8.78 Å². The average molecular weight is 680 g/mol. The van der Waals surface area contributed by atoms with E-state index in [9.17, 15) is 14.4 Å². The van der Waals surface area contributed by atoms with E-state index in [0.29, 0.717) is 60.3 Å². The Balaban J connectivity index is 1.37. The number of ether oxygens (including phenoxy) is 2. The van der Waals surface area contributed by atoms with Crippen LogP contribution in [0.3, 0.4) is 0 Å². The molecule has 1 aromatic heterocycles. The van der Waals surface area contributed by atoms with Crippen LogP contribution in [0.15, 0.2) is 42.7 Å². The molecule has 0 spiro atoms. The molecule has 0 aliphatic carbocycles. The van der Waals surface area contributed by atoms with Crippen molar-refractivity contribution in [3.8, 4) is 12.1 Å². The smallest absolute Gasteiger partial charge is 0.318 e. The van der Waals surface area contributed by atoms with Gasteiger partial charge in [0, 0.05) is 50.2 Å². The second-order valence-electron chi connectivity index (χ2n) is 13.0. The number of halogens is 3. The molecule has 3 aliphatic heterocycles. The minimum atomic E-state index is -1.06. The average Bonchev–Trinajstić information content (AvgIpc) is 3.35. The molecule has 0 radical (unpaired) electrons. The van der Waals surface area contributed by atoms with Gasteiger partial charge >= 0.3 is 6.01 Å². The molecule has 13 heteroatoms. The Labute approximate surface area is 284 Å². The highest BCUT2D eigenvalue weighted by atomic mass is 35.5. The lowest BCUT2D eigenvalue weighted by atomic mass is 9.88. The summed E-state index contributed by atoms with van der Waals surface area (Å²) in [7, 11) is 3.77. The van der Waals surface area contributed by atoms with Crippen LogP contribution in [0.5, 0.6) is 6.01 Å². The van der Waals surface area contributed by atoms with Crippen molar-refractivity contribution in [2.45, 2.75) is 44.3 Å². The predicted octanol–water partition coefficient (Wildman–Crippen LogP) is 5.13. The molecule has 3 aromatic rings. The third-order valence-electron chi connectivity index (χ3n) is 10.3. The summed E-state index contributed by atoms with van der Waals surface area (Å²) in [5, 5.41) is 11.5. The van der Waals surface area contributed by atoms with E-state index < -0.39 is 17.8 Å². The molecule has 4 heterocycles. The highest BCUT2D eigenvalue weighted by Gasteiger charge is 2.44. The van der Waals surface area contributed by atoms with Crippen LogP contribution in [-0.4, -0.2) is 97.4 Å². The standard InChI is InChI=1S/C35H40ClF2N7O3/c1-22(37)33(46)45-17-16-44(18-25(45)10-13-39)32-26-12-15-43(31-28(38)9-8-23-6-5-7-27(36)30(23)31)19-29(26)40-34(41-32)48-21-35(2)24(20-47-4)11-14-42(35)3/h5-9,24-25H,1,10-12,14-21H2,2-4H3/t24-,25-,35?/m0/s1. The number of anilines is 2. The number of nitriles is 1.